The summed E-state index contributed by atoms with van der Waals surface area (Å²) >= 11 is 18.1. The molecule has 3 rings (SSSR count). The molecule has 0 radical (unpaired) electrons. The van der Waals surface area contributed by atoms with Crippen molar-refractivity contribution in [3.63, 3.8) is 0 Å². The Labute approximate surface area is 255 Å². The standard InChI is InChI=1S/C30H33Cl3N2O6/c1-2-40-28(29(36)37)18-21-4-10-27(11-5-21)41-15-13-35(30(38)34-26-8-6-23(31)7-9-26)12-3-14-39-20-22-16-24(32)19-25(33)17-22/h4-11,16-17,19,28H,2-3,12-15,18,20H2,1H3,(H,34,38)(H,36,37). The molecule has 0 aromatic heterocycles. The smallest absolute Gasteiger partial charge is 0.333 e. The second-order valence-corrected chi connectivity index (χ2v) is 10.4. The first-order valence-electron chi connectivity index (χ1n) is 13.1. The fraction of sp³-hybridized carbons (Fsp3) is 0.333. The van der Waals surface area contributed by atoms with Crippen LogP contribution in [0.1, 0.15) is 24.5 Å². The van der Waals surface area contributed by atoms with Crippen LogP contribution >= 0.6 is 34.8 Å². The number of carboxylic acids is 1. The second kappa shape index (κ2) is 17.1. The van der Waals surface area contributed by atoms with Crippen molar-refractivity contribution in [1.29, 1.82) is 0 Å². The first kappa shape index (κ1) is 32.5. The van der Waals surface area contributed by atoms with Gasteiger partial charge in [0.05, 0.1) is 13.2 Å². The Morgan fingerprint density at radius 3 is 2.20 bits per heavy atom. The number of nitrogens with one attached hydrogen (secondary N) is 1. The van der Waals surface area contributed by atoms with Gasteiger partial charge in [0, 0.05) is 46.9 Å². The summed E-state index contributed by atoms with van der Waals surface area (Å²) in [6, 6.07) is 19.0. The van der Waals surface area contributed by atoms with Crippen molar-refractivity contribution >= 4 is 52.5 Å². The molecule has 1 atom stereocenters. The number of carbonyl (C=O) groups is 2. The Morgan fingerprint density at radius 1 is 0.878 bits per heavy atom. The molecule has 1 unspecified atom stereocenters. The van der Waals surface area contributed by atoms with Gasteiger partial charge < -0.3 is 29.5 Å². The minimum atomic E-state index is -0.997. The maximum Gasteiger partial charge on any atom is 0.333 e. The lowest BCUT2D eigenvalue weighted by atomic mass is 10.1. The average Bonchev–Trinajstić information content (AvgIpc) is 2.93. The number of hydrogen-bond donors (Lipinski definition) is 2. The Balaban J connectivity index is 1.52. The van der Waals surface area contributed by atoms with E-state index in [2.05, 4.69) is 5.32 Å². The van der Waals surface area contributed by atoms with Gasteiger partial charge in [-0.3, -0.25) is 0 Å². The van der Waals surface area contributed by atoms with Crippen LogP contribution in [0.3, 0.4) is 0 Å². The maximum absolute atomic E-state index is 13.1. The van der Waals surface area contributed by atoms with Gasteiger partial charge in [0.15, 0.2) is 6.10 Å². The van der Waals surface area contributed by atoms with Crippen LogP contribution in [0.4, 0.5) is 10.5 Å². The van der Waals surface area contributed by atoms with E-state index < -0.39 is 12.1 Å². The molecule has 0 aliphatic carbocycles. The summed E-state index contributed by atoms with van der Waals surface area (Å²) in [5.41, 5.74) is 2.32. The number of rotatable bonds is 16. The van der Waals surface area contributed by atoms with Crippen LogP contribution in [0.15, 0.2) is 66.7 Å². The highest BCUT2D eigenvalue weighted by Gasteiger charge is 2.18. The van der Waals surface area contributed by atoms with Gasteiger partial charge in [-0.05, 0) is 79.1 Å². The number of anilines is 1. The third-order valence-corrected chi connectivity index (χ3v) is 6.60. The molecule has 0 saturated heterocycles. The van der Waals surface area contributed by atoms with Crippen LogP contribution in [0.5, 0.6) is 5.75 Å². The minimum absolute atomic E-state index is 0.256. The van der Waals surface area contributed by atoms with Crippen molar-refractivity contribution in [2.45, 2.75) is 32.5 Å². The number of carboxylic acid groups (broad SMARTS) is 1. The number of aliphatic carboxylic acids is 1. The van der Waals surface area contributed by atoms with Crippen molar-refractivity contribution in [3.8, 4) is 5.75 Å². The van der Waals surface area contributed by atoms with Crippen molar-refractivity contribution in [1.82, 2.24) is 4.90 Å². The Bertz CT molecular complexity index is 1240. The topological polar surface area (TPSA) is 97.3 Å². The van der Waals surface area contributed by atoms with Gasteiger partial charge in [-0.2, -0.15) is 0 Å². The van der Waals surface area contributed by atoms with E-state index in [-0.39, 0.29) is 19.1 Å². The number of amides is 2. The van der Waals surface area contributed by atoms with E-state index in [0.717, 1.165) is 11.1 Å². The SMILES string of the molecule is CCOC(Cc1ccc(OCCN(CCCOCc2cc(Cl)cc(Cl)c2)C(=O)Nc2ccc(Cl)cc2)cc1)C(=O)O. The summed E-state index contributed by atoms with van der Waals surface area (Å²) in [4.78, 5) is 26.0. The van der Waals surface area contributed by atoms with Crippen LogP contribution in [0.25, 0.3) is 0 Å². The highest BCUT2D eigenvalue weighted by atomic mass is 35.5. The molecule has 8 nitrogen and oxygen atoms in total. The predicted octanol–water partition coefficient (Wildman–Crippen LogP) is 7.20. The Kier molecular flexibility index (Phi) is 13.5. The number of benzene rings is 3. The molecule has 220 valence electrons. The average molecular weight is 624 g/mol. The van der Waals surface area contributed by atoms with Gasteiger partial charge >= 0.3 is 12.0 Å². The molecule has 3 aromatic carbocycles. The first-order chi connectivity index (χ1) is 19.7. The van der Waals surface area contributed by atoms with Crippen molar-refractivity contribution < 1.29 is 28.9 Å². The lowest BCUT2D eigenvalue weighted by molar-refractivity contribution is -0.149. The number of halogens is 3. The van der Waals surface area contributed by atoms with Crippen LogP contribution in [-0.4, -0.2) is 61.0 Å². The summed E-state index contributed by atoms with van der Waals surface area (Å²) in [7, 11) is 0. The molecule has 0 fully saturated rings. The molecular formula is C30H33Cl3N2O6. The van der Waals surface area contributed by atoms with Gasteiger partial charge in [0.1, 0.15) is 12.4 Å². The van der Waals surface area contributed by atoms with E-state index in [1.807, 2.05) is 0 Å². The third-order valence-electron chi connectivity index (χ3n) is 5.91. The second-order valence-electron chi connectivity index (χ2n) is 9.09. The molecule has 2 N–H and O–H groups in total. The summed E-state index contributed by atoms with van der Waals surface area (Å²) in [5, 5.41) is 13.8. The summed E-state index contributed by atoms with van der Waals surface area (Å²) in [6.07, 6.45) is -0.0393. The molecule has 0 heterocycles. The Hall–Kier alpha value is -3.01. The van der Waals surface area contributed by atoms with Gasteiger partial charge in [-0.25, -0.2) is 9.59 Å². The lowest BCUT2D eigenvalue weighted by Gasteiger charge is -2.23. The van der Waals surface area contributed by atoms with Crippen LogP contribution < -0.4 is 10.1 Å². The van der Waals surface area contributed by atoms with E-state index in [9.17, 15) is 14.7 Å². The van der Waals surface area contributed by atoms with Crippen LogP contribution in [0, 0.1) is 0 Å². The minimum Gasteiger partial charge on any atom is -0.492 e. The van der Waals surface area contributed by atoms with Crippen molar-refractivity contribution in [2.24, 2.45) is 0 Å². The molecule has 2 amide bonds. The van der Waals surface area contributed by atoms with Crippen LogP contribution in [0.2, 0.25) is 15.1 Å². The lowest BCUT2D eigenvalue weighted by Crippen LogP contribution is -2.39. The molecule has 0 saturated carbocycles. The normalized spacial score (nSPS) is 11.6. The quantitative estimate of drug-likeness (QED) is 0.164. The predicted molar refractivity (Wildman–Crippen MR) is 161 cm³/mol. The van der Waals surface area contributed by atoms with Crippen molar-refractivity contribution in [2.75, 3.05) is 38.2 Å². The van der Waals surface area contributed by atoms with E-state index in [1.165, 1.54) is 0 Å². The summed E-state index contributed by atoms with van der Waals surface area (Å²) < 4.78 is 16.9. The first-order valence-corrected chi connectivity index (χ1v) is 14.3. The zero-order valence-electron chi connectivity index (χ0n) is 22.7. The largest absolute Gasteiger partial charge is 0.492 e. The van der Waals surface area contributed by atoms with Gasteiger partial charge in [0.25, 0.3) is 0 Å². The number of ether oxygens (including phenoxy) is 3. The zero-order valence-corrected chi connectivity index (χ0v) is 24.9. The molecule has 41 heavy (non-hydrogen) atoms. The number of nitrogens with zero attached hydrogens (tertiary/aromatic N) is 1. The highest BCUT2D eigenvalue weighted by Crippen LogP contribution is 2.20. The molecule has 0 bridgehead atoms. The van der Waals surface area contributed by atoms with Crippen molar-refractivity contribution in [3.05, 3.63) is 92.9 Å². The summed E-state index contributed by atoms with van der Waals surface area (Å²) in [6.45, 7) is 3.89. The zero-order chi connectivity index (χ0) is 29.6. The molecular weight excluding hydrogens is 591 g/mol. The Morgan fingerprint density at radius 2 is 1.56 bits per heavy atom. The number of carbonyl (C=O) groups excluding carboxylic acids is 1. The van der Waals surface area contributed by atoms with E-state index in [1.54, 1.807) is 78.6 Å². The van der Waals surface area contributed by atoms with E-state index in [4.69, 9.17) is 49.0 Å². The highest BCUT2D eigenvalue weighted by molar-refractivity contribution is 6.34. The number of urea groups is 1. The molecule has 0 spiro atoms. The molecule has 0 aliphatic rings. The molecule has 0 aliphatic heterocycles. The summed E-state index contributed by atoms with van der Waals surface area (Å²) in [5.74, 6) is -0.387. The third kappa shape index (κ3) is 11.8. The van der Waals surface area contributed by atoms with E-state index >= 15 is 0 Å². The number of hydrogen-bond acceptors (Lipinski definition) is 5. The molecule has 11 heteroatoms. The van der Waals surface area contributed by atoms with Gasteiger partial charge in [0.2, 0.25) is 0 Å². The van der Waals surface area contributed by atoms with Gasteiger partial charge in [-0.15, -0.1) is 0 Å². The van der Waals surface area contributed by atoms with Gasteiger partial charge in [-0.1, -0.05) is 46.9 Å². The fourth-order valence-electron chi connectivity index (χ4n) is 3.92. The fourth-order valence-corrected chi connectivity index (χ4v) is 4.62. The van der Waals surface area contributed by atoms with Crippen LogP contribution in [-0.2, 0) is 27.3 Å². The molecule has 3 aromatic rings. The monoisotopic (exact) mass is 622 g/mol. The maximum atomic E-state index is 13.1. The van der Waals surface area contributed by atoms with E-state index in [0.29, 0.717) is 65.8 Å².